The molecule has 25 heavy (non-hydrogen) atoms. The number of anilines is 1. The standard InChI is InChI=1S/C20H22N2O3/c1-14(2)25-18-10-6-4-8-16(18)20(24)21-13-19(23)22-12-11-15-7-3-5-9-17(15)22/h3-10,14H,11-13H2,1-2H3,(H,21,24). The number of fused-ring (bicyclic) bond motifs is 1. The molecule has 2 aromatic carbocycles. The molecule has 0 saturated carbocycles. The van der Waals surface area contributed by atoms with Gasteiger partial charge in [0.15, 0.2) is 0 Å². The highest BCUT2D eigenvalue weighted by Crippen LogP contribution is 2.27. The minimum absolute atomic E-state index is 0.0308. The van der Waals surface area contributed by atoms with Gasteiger partial charge < -0.3 is 15.0 Å². The highest BCUT2D eigenvalue weighted by molar-refractivity contribution is 6.02. The van der Waals surface area contributed by atoms with Gasteiger partial charge in [-0.1, -0.05) is 30.3 Å². The number of hydrogen-bond donors (Lipinski definition) is 1. The van der Waals surface area contributed by atoms with E-state index < -0.39 is 0 Å². The molecule has 0 radical (unpaired) electrons. The van der Waals surface area contributed by atoms with Gasteiger partial charge in [-0.3, -0.25) is 9.59 Å². The monoisotopic (exact) mass is 338 g/mol. The number of ether oxygens (including phenoxy) is 1. The lowest BCUT2D eigenvalue weighted by atomic mass is 10.2. The minimum Gasteiger partial charge on any atom is -0.490 e. The molecule has 130 valence electrons. The van der Waals surface area contributed by atoms with E-state index >= 15 is 0 Å². The lowest BCUT2D eigenvalue weighted by Gasteiger charge is -2.18. The lowest BCUT2D eigenvalue weighted by Crippen LogP contribution is -2.39. The molecule has 1 aliphatic rings. The zero-order valence-corrected chi connectivity index (χ0v) is 14.5. The van der Waals surface area contributed by atoms with Crippen molar-refractivity contribution in [2.24, 2.45) is 0 Å². The van der Waals surface area contributed by atoms with Crippen molar-refractivity contribution in [3.05, 3.63) is 59.7 Å². The van der Waals surface area contributed by atoms with E-state index in [1.165, 1.54) is 0 Å². The fourth-order valence-electron chi connectivity index (χ4n) is 2.95. The van der Waals surface area contributed by atoms with Gasteiger partial charge in [-0.15, -0.1) is 0 Å². The summed E-state index contributed by atoms with van der Waals surface area (Å²) in [6, 6.07) is 14.9. The van der Waals surface area contributed by atoms with Crippen LogP contribution in [0.15, 0.2) is 48.5 Å². The molecule has 2 amide bonds. The lowest BCUT2D eigenvalue weighted by molar-refractivity contribution is -0.117. The smallest absolute Gasteiger partial charge is 0.255 e. The van der Waals surface area contributed by atoms with Crippen LogP contribution in [0.25, 0.3) is 0 Å². The van der Waals surface area contributed by atoms with Crippen molar-refractivity contribution in [2.75, 3.05) is 18.0 Å². The molecule has 0 spiro atoms. The Morgan fingerprint density at radius 1 is 1.12 bits per heavy atom. The van der Waals surface area contributed by atoms with E-state index in [4.69, 9.17) is 4.74 Å². The molecule has 5 heteroatoms. The maximum absolute atomic E-state index is 12.5. The van der Waals surface area contributed by atoms with Crippen molar-refractivity contribution < 1.29 is 14.3 Å². The first-order valence-corrected chi connectivity index (χ1v) is 8.48. The first-order valence-electron chi connectivity index (χ1n) is 8.48. The number of para-hydroxylation sites is 2. The Morgan fingerprint density at radius 2 is 1.84 bits per heavy atom. The summed E-state index contributed by atoms with van der Waals surface area (Å²) >= 11 is 0. The number of nitrogens with zero attached hydrogens (tertiary/aromatic N) is 1. The largest absolute Gasteiger partial charge is 0.490 e. The second kappa shape index (κ2) is 7.38. The van der Waals surface area contributed by atoms with Crippen molar-refractivity contribution in [1.29, 1.82) is 0 Å². The molecule has 0 fully saturated rings. The second-order valence-corrected chi connectivity index (χ2v) is 6.27. The average molecular weight is 338 g/mol. The van der Waals surface area contributed by atoms with E-state index in [1.807, 2.05) is 44.2 Å². The summed E-state index contributed by atoms with van der Waals surface area (Å²) in [7, 11) is 0. The predicted molar refractivity (Wildman–Crippen MR) is 97.0 cm³/mol. The van der Waals surface area contributed by atoms with E-state index in [0.717, 1.165) is 17.7 Å². The van der Waals surface area contributed by atoms with E-state index in [-0.39, 0.29) is 24.5 Å². The molecule has 5 nitrogen and oxygen atoms in total. The molecule has 0 saturated heterocycles. The van der Waals surface area contributed by atoms with Crippen LogP contribution in [-0.2, 0) is 11.2 Å². The molecular formula is C20H22N2O3. The third-order valence-corrected chi connectivity index (χ3v) is 4.08. The zero-order valence-electron chi connectivity index (χ0n) is 14.5. The minimum atomic E-state index is -0.308. The Labute approximate surface area is 147 Å². The van der Waals surface area contributed by atoms with E-state index in [1.54, 1.807) is 23.1 Å². The second-order valence-electron chi connectivity index (χ2n) is 6.27. The SMILES string of the molecule is CC(C)Oc1ccccc1C(=O)NCC(=O)N1CCc2ccccc21. The van der Waals surface area contributed by atoms with Gasteiger partial charge in [0.05, 0.1) is 18.2 Å². The van der Waals surface area contributed by atoms with Crippen molar-refractivity contribution in [3.8, 4) is 5.75 Å². The fourth-order valence-corrected chi connectivity index (χ4v) is 2.95. The van der Waals surface area contributed by atoms with Crippen LogP contribution in [0.4, 0.5) is 5.69 Å². The third-order valence-electron chi connectivity index (χ3n) is 4.08. The number of carbonyl (C=O) groups is 2. The summed E-state index contributed by atoms with van der Waals surface area (Å²) in [6.07, 6.45) is 0.817. The highest BCUT2D eigenvalue weighted by atomic mass is 16.5. The molecule has 1 aliphatic heterocycles. The van der Waals surface area contributed by atoms with Gasteiger partial charge in [0, 0.05) is 12.2 Å². The summed E-state index contributed by atoms with van der Waals surface area (Å²) in [5, 5.41) is 2.71. The Hall–Kier alpha value is -2.82. The summed E-state index contributed by atoms with van der Waals surface area (Å²) in [5.74, 6) is 0.103. The maximum Gasteiger partial charge on any atom is 0.255 e. The van der Waals surface area contributed by atoms with Crippen LogP contribution in [0.2, 0.25) is 0 Å². The van der Waals surface area contributed by atoms with Gasteiger partial charge in [-0.2, -0.15) is 0 Å². The van der Waals surface area contributed by atoms with Crippen molar-refractivity contribution in [1.82, 2.24) is 5.32 Å². The quantitative estimate of drug-likeness (QED) is 0.912. The first-order chi connectivity index (χ1) is 12.1. The predicted octanol–water partition coefficient (Wildman–Crippen LogP) is 2.79. The molecule has 0 unspecified atom stereocenters. The molecule has 3 rings (SSSR count). The summed E-state index contributed by atoms with van der Waals surface area (Å²) in [6.45, 7) is 4.43. The Balaban J connectivity index is 1.64. The van der Waals surface area contributed by atoms with Gasteiger partial charge in [0.1, 0.15) is 5.75 Å². The fraction of sp³-hybridized carbons (Fsp3) is 0.300. The van der Waals surface area contributed by atoms with E-state index in [9.17, 15) is 9.59 Å². The van der Waals surface area contributed by atoms with Gasteiger partial charge in [-0.05, 0) is 44.0 Å². The van der Waals surface area contributed by atoms with Crippen molar-refractivity contribution in [3.63, 3.8) is 0 Å². The molecule has 0 atom stereocenters. The van der Waals surface area contributed by atoms with Gasteiger partial charge in [0.25, 0.3) is 5.91 Å². The van der Waals surface area contributed by atoms with E-state index in [2.05, 4.69) is 5.32 Å². The molecular weight excluding hydrogens is 316 g/mol. The number of benzene rings is 2. The van der Waals surface area contributed by atoms with Crippen LogP contribution < -0.4 is 15.0 Å². The zero-order chi connectivity index (χ0) is 17.8. The number of amides is 2. The summed E-state index contributed by atoms with van der Waals surface area (Å²) < 4.78 is 5.66. The van der Waals surface area contributed by atoms with Crippen LogP contribution >= 0.6 is 0 Å². The average Bonchev–Trinajstić information content (AvgIpc) is 3.03. The molecule has 1 heterocycles. The highest BCUT2D eigenvalue weighted by Gasteiger charge is 2.24. The number of nitrogens with one attached hydrogen (secondary N) is 1. The van der Waals surface area contributed by atoms with Crippen LogP contribution in [-0.4, -0.2) is 31.0 Å². The van der Waals surface area contributed by atoms with Crippen molar-refractivity contribution in [2.45, 2.75) is 26.4 Å². The Morgan fingerprint density at radius 3 is 2.64 bits per heavy atom. The number of carbonyl (C=O) groups excluding carboxylic acids is 2. The number of rotatable bonds is 5. The topological polar surface area (TPSA) is 58.6 Å². The van der Waals surface area contributed by atoms with Gasteiger partial charge >= 0.3 is 0 Å². The molecule has 0 bridgehead atoms. The van der Waals surface area contributed by atoms with Crippen LogP contribution in [0.1, 0.15) is 29.8 Å². The summed E-state index contributed by atoms with van der Waals surface area (Å²) in [5.41, 5.74) is 2.54. The van der Waals surface area contributed by atoms with Crippen LogP contribution in [0.3, 0.4) is 0 Å². The molecule has 0 aromatic heterocycles. The third kappa shape index (κ3) is 3.82. The maximum atomic E-state index is 12.5. The van der Waals surface area contributed by atoms with Gasteiger partial charge in [-0.25, -0.2) is 0 Å². The summed E-state index contributed by atoms with van der Waals surface area (Å²) in [4.78, 5) is 26.7. The van der Waals surface area contributed by atoms with E-state index in [0.29, 0.717) is 17.9 Å². The van der Waals surface area contributed by atoms with Gasteiger partial charge in [0.2, 0.25) is 5.91 Å². The van der Waals surface area contributed by atoms with Crippen LogP contribution in [0.5, 0.6) is 5.75 Å². The normalized spacial score (nSPS) is 12.8. The first kappa shape index (κ1) is 17.0. The molecule has 2 aromatic rings. The molecule has 0 aliphatic carbocycles. The molecule has 1 N–H and O–H groups in total. The number of hydrogen-bond acceptors (Lipinski definition) is 3. The van der Waals surface area contributed by atoms with Crippen LogP contribution in [0, 0.1) is 0 Å². The van der Waals surface area contributed by atoms with Crippen molar-refractivity contribution >= 4 is 17.5 Å². The Kier molecular flexibility index (Phi) is 5.03. The Bertz CT molecular complexity index is 786.